The molecule has 4 rings (SSSR count). The summed E-state index contributed by atoms with van der Waals surface area (Å²) in [5.74, 6) is 1.61. The Morgan fingerprint density at radius 3 is 2.62 bits per heavy atom. The van der Waals surface area contributed by atoms with Crippen LogP contribution >= 0.6 is 0 Å². The Balaban J connectivity index is 1.59. The number of benzene rings is 2. The van der Waals surface area contributed by atoms with Crippen molar-refractivity contribution >= 4 is 29.5 Å². The third kappa shape index (κ3) is 4.20. The van der Waals surface area contributed by atoms with Gasteiger partial charge in [-0.1, -0.05) is 36.4 Å². The highest BCUT2D eigenvalue weighted by atomic mass is 16.5. The molecule has 1 aliphatic heterocycles. The number of rotatable bonds is 6. The first-order chi connectivity index (χ1) is 15.5. The topological polar surface area (TPSA) is 94.5 Å². The van der Waals surface area contributed by atoms with E-state index >= 15 is 0 Å². The smallest absolute Gasteiger partial charge is 0.249 e. The number of ether oxygens (including phenoxy) is 2. The van der Waals surface area contributed by atoms with Crippen LogP contribution in [0.25, 0.3) is 6.08 Å². The van der Waals surface area contributed by atoms with Crippen molar-refractivity contribution in [2.75, 3.05) is 24.9 Å². The molecule has 0 saturated heterocycles. The Hall–Kier alpha value is -4.07. The Morgan fingerprint density at radius 1 is 1.16 bits per heavy atom. The maximum Gasteiger partial charge on any atom is 0.249 e. The van der Waals surface area contributed by atoms with Crippen molar-refractivity contribution in [3.8, 4) is 11.5 Å². The fourth-order valence-corrected chi connectivity index (χ4v) is 3.84. The quantitative estimate of drug-likeness (QED) is 0.581. The number of carbonyl (C=O) groups is 2. The van der Waals surface area contributed by atoms with Crippen LogP contribution in [0.3, 0.4) is 0 Å². The van der Waals surface area contributed by atoms with Crippen molar-refractivity contribution in [3.05, 3.63) is 71.3 Å². The minimum Gasteiger partial charge on any atom is -0.493 e. The highest BCUT2D eigenvalue weighted by Gasteiger charge is 2.33. The van der Waals surface area contributed by atoms with E-state index in [1.807, 2.05) is 36.4 Å². The van der Waals surface area contributed by atoms with Gasteiger partial charge in [0.1, 0.15) is 5.82 Å². The molecule has 2 N–H and O–H groups in total. The zero-order valence-electron chi connectivity index (χ0n) is 18.1. The highest BCUT2D eigenvalue weighted by molar-refractivity contribution is 6.03. The third-order valence-corrected chi connectivity index (χ3v) is 5.36. The van der Waals surface area contributed by atoms with Gasteiger partial charge in [0.05, 0.1) is 14.2 Å². The number of aryl methyl sites for hydroxylation is 1. The predicted octanol–water partition coefficient (Wildman–Crippen LogP) is 3.56. The summed E-state index contributed by atoms with van der Waals surface area (Å²) in [6, 6.07) is 15.1. The van der Waals surface area contributed by atoms with E-state index in [4.69, 9.17) is 9.47 Å². The van der Waals surface area contributed by atoms with Crippen molar-refractivity contribution in [3.63, 3.8) is 0 Å². The Labute approximate surface area is 185 Å². The maximum atomic E-state index is 12.7. The monoisotopic (exact) mass is 432 g/mol. The number of carbonyl (C=O) groups excluding carboxylic acids is 2. The van der Waals surface area contributed by atoms with Crippen LogP contribution in [0.15, 0.2) is 54.6 Å². The molecule has 0 fully saturated rings. The third-order valence-electron chi connectivity index (χ3n) is 5.36. The lowest BCUT2D eigenvalue weighted by Gasteiger charge is -2.24. The predicted molar refractivity (Wildman–Crippen MR) is 122 cm³/mol. The fraction of sp³-hybridized carbons (Fsp3) is 0.208. The molecule has 164 valence electrons. The van der Waals surface area contributed by atoms with Crippen molar-refractivity contribution in [2.45, 2.75) is 12.3 Å². The Morgan fingerprint density at radius 2 is 1.91 bits per heavy atom. The molecule has 32 heavy (non-hydrogen) atoms. The van der Waals surface area contributed by atoms with Gasteiger partial charge < -0.3 is 20.1 Å². The summed E-state index contributed by atoms with van der Waals surface area (Å²) in [6.07, 6.45) is 3.40. The second-order valence-electron chi connectivity index (χ2n) is 7.39. The molecular formula is C24H24N4O4. The van der Waals surface area contributed by atoms with Gasteiger partial charge in [0.2, 0.25) is 11.8 Å². The second kappa shape index (κ2) is 8.97. The van der Waals surface area contributed by atoms with Crippen molar-refractivity contribution in [1.82, 2.24) is 9.78 Å². The largest absolute Gasteiger partial charge is 0.493 e. The summed E-state index contributed by atoms with van der Waals surface area (Å²) < 4.78 is 12.1. The van der Waals surface area contributed by atoms with Crippen LogP contribution in [0, 0.1) is 0 Å². The lowest BCUT2D eigenvalue weighted by Crippen LogP contribution is -2.25. The fourth-order valence-electron chi connectivity index (χ4n) is 3.84. The molecular weight excluding hydrogens is 408 g/mol. The molecule has 2 aromatic carbocycles. The molecule has 8 nitrogen and oxygen atoms in total. The van der Waals surface area contributed by atoms with Gasteiger partial charge in [-0.2, -0.15) is 5.10 Å². The molecule has 0 bridgehead atoms. The van der Waals surface area contributed by atoms with Gasteiger partial charge in [-0.15, -0.1) is 0 Å². The molecule has 3 aromatic rings. The molecule has 0 aliphatic carbocycles. The number of amides is 2. The van der Waals surface area contributed by atoms with E-state index in [2.05, 4.69) is 15.7 Å². The van der Waals surface area contributed by atoms with Gasteiger partial charge >= 0.3 is 0 Å². The molecule has 1 aromatic heterocycles. The SMILES string of the molecule is COc1ccc(C=CC(=O)Nc2nn(C)c3c2C(c2ccccc2)CC(=O)N3)cc1OC. The number of anilines is 2. The summed E-state index contributed by atoms with van der Waals surface area (Å²) in [4.78, 5) is 25.0. The lowest BCUT2D eigenvalue weighted by molar-refractivity contribution is -0.116. The van der Waals surface area contributed by atoms with Gasteiger partial charge in [-0.3, -0.25) is 14.3 Å². The number of aromatic nitrogens is 2. The Bertz CT molecular complexity index is 1180. The van der Waals surface area contributed by atoms with Crippen LogP contribution in [0.1, 0.15) is 29.0 Å². The van der Waals surface area contributed by atoms with Crippen molar-refractivity contribution < 1.29 is 19.1 Å². The van der Waals surface area contributed by atoms with Crippen LogP contribution in [0.2, 0.25) is 0 Å². The number of hydrogen-bond donors (Lipinski definition) is 2. The Kier molecular flexibility index (Phi) is 5.93. The first-order valence-electron chi connectivity index (χ1n) is 10.1. The summed E-state index contributed by atoms with van der Waals surface area (Å²) >= 11 is 0. The van der Waals surface area contributed by atoms with Gasteiger partial charge in [-0.05, 0) is 29.3 Å². The molecule has 1 unspecified atom stereocenters. The summed E-state index contributed by atoms with van der Waals surface area (Å²) in [5.41, 5.74) is 2.58. The van der Waals surface area contributed by atoms with Crippen LogP contribution in [0.4, 0.5) is 11.6 Å². The molecule has 2 heterocycles. The van der Waals surface area contributed by atoms with E-state index in [0.29, 0.717) is 23.1 Å². The van der Waals surface area contributed by atoms with E-state index in [9.17, 15) is 9.59 Å². The molecule has 0 saturated carbocycles. The molecule has 2 amide bonds. The number of methoxy groups -OCH3 is 2. The molecule has 1 aliphatic rings. The van der Waals surface area contributed by atoms with E-state index < -0.39 is 0 Å². The molecule has 0 spiro atoms. The minimum atomic E-state index is -0.329. The van der Waals surface area contributed by atoms with Gasteiger partial charge in [0, 0.05) is 31.0 Å². The number of nitrogens with one attached hydrogen (secondary N) is 2. The number of fused-ring (bicyclic) bond motifs is 1. The average Bonchev–Trinajstić information content (AvgIpc) is 3.12. The van der Waals surface area contributed by atoms with Crippen LogP contribution in [0.5, 0.6) is 11.5 Å². The maximum absolute atomic E-state index is 12.7. The zero-order chi connectivity index (χ0) is 22.7. The molecule has 0 radical (unpaired) electrons. The summed E-state index contributed by atoms with van der Waals surface area (Å²) in [5, 5.41) is 10.2. The van der Waals surface area contributed by atoms with E-state index in [-0.39, 0.29) is 24.2 Å². The standard InChI is InChI=1S/C24H24N4O4/c1-28-24-22(17(14-21(30)26-24)16-7-5-4-6-8-16)23(27-28)25-20(29)12-10-15-9-11-18(31-2)19(13-15)32-3/h4-13,17H,14H2,1-3H3,(H,26,30)(H,25,27,29). The molecule has 1 atom stereocenters. The van der Waals surface area contributed by atoms with Crippen LogP contribution in [-0.4, -0.2) is 35.8 Å². The number of nitrogens with zero attached hydrogens (tertiary/aromatic N) is 2. The first-order valence-corrected chi connectivity index (χ1v) is 10.1. The van der Waals surface area contributed by atoms with Crippen LogP contribution < -0.4 is 20.1 Å². The zero-order valence-corrected chi connectivity index (χ0v) is 18.1. The van der Waals surface area contributed by atoms with E-state index in [1.165, 1.54) is 6.08 Å². The average molecular weight is 432 g/mol. The number of hydrogen-bond acceptors (Lipinski definition) is 5. The van der Waals surface area contributed by atoms with Crippen molar-refractivity contribution in [1.29, 1.82) is 0 Å². The first kappa shape index (κ1) is 21.2. The van der Waals surface area contributed by atoms with Gasteiger partial charge in [-0.25, -0.2) is 0 Å². The van der Waals surface area contributed by atoms with Crippen LogP contribution in [-0.2, 0) is 16.6 Å². The van der Waals surface area contributed by atoms with Gasteiger partial charge in [0.15, 0.2) is 17.3 Å². The normalized spacial score (nSPS) is 15.2. The molecule has 8 heteroatoms. The van der Waals surface area contributed by atoms with E-state index in [1.54, 1.807) is 44.2 Å². The van der Waals surface area contributed by atoms with E-state index in [0.717, 1.165) is 16.7 Å². The second-order valence-corrected chi connectivity index (χ2v) is 7.39. The summed E-state index contributed by atoms with van der Waals surface area (Å²) in [7, 11) is 4.87. The highest BCUT2D eigenvalue weighted by Crippen LogP contribution is 2.41. The summed E-state index contributed by atoms with van der Waals surface area (Å²) in [6.45, 7) is 0. The van der Waals surface area contributed by atoms with Crippen molar-refractivity contribution in [2.24, 2.45) is 7.05 Å². The lowest BCUT2D eigenvalue weighted by atomic mass is 9.86. The minimum absolute atomic E-state index is 0.0828. The van der Waals surface area contributed by atoms with Gasteiger partial charge in [0.25, 0.3) is 0 Å².